The number of aromatic nitrogens is 1. The summed E-state index contributed by atoms with van der Waals surface area (Å²) in [5.74, 6) is 0. The van der Waals surface area contributed by atoms with Crippen molar-refractivity contribution in [2.45, 2.75) is 6.54 Å². The van der Waals surface area contributed by atoms with Crippen molar-refractivity contribution in [1.82, 2.24) is 4.57 Å². The van der Waals surface area contributed by atoms with Crippen LogP contribution in [0.25, 0.3) is 6.08 Å². The van der Waals surface area contributed by atoms with Gasteiger partial charge in [-0.3, -0.25) is 4.99 Å². The van der Waals surface area contributed by atoms with Gasteiger partial charge in [0.05, 0.1) is 6.54 Å². The Balaban J connectivity index is 2.50. The highest BCUT2D eigenvalue weighted by molar-refractivity contribution is 5.62. The van der Waals surface area contributed by atoms with E-state index >= 15 is 0 Å². The minimum Gasteiger partial charge on any atom is -0.343 e. The Morgan fingerprint density at radius 2 is 2.50 bits per heavy atom. The van der Waals surface area contributed by atoms with Crippen LogP contribution in [0.5, 0.6) is 0 Å². The molecule has 0 fully saturated rings. The molecule has 10 heavy (non-hydrogen) atoms. The molecule has 0 radical (unpaired) electrons. The Labute approximate surface area is 59.5 Å². The fourth-order valence-corrected chi connectivity index (χ4v) is 1.06. The fraction of sp³-hybridized carbons (Fsp3) is 0.125. The smallest absolute Gasteiger partial charge is 0.0578 e. The van der Waals surface area contributed by atoms with Crippen LogP contribution in [0.1, 0.15) is 5.69 Å². The van der Waals surface area contributed by atoms with Crippen LogP contribution in [-0.4, -0.2) is 10.8 Å². The third-order valence-electron chi connectivity index (χ3n) is 1.58. The highest BCUT2D eigenvalue weighted by atomic mass is 15.0. The molecule has 1 aliphatic rings. The number of nitrogens with zero attached hydrogens (tertiary/aromatic N) is 2. The predicted octanol–water partition coefficient (Wildman–Crippen LogP) is 1.54. The van der Waals surface area contributed by atoms with Crippen molar-refractivity contribution in [2.75, 3.05) is 0 Å². The Bertz CT molecular complexity index is 281. The van der Waals surface area contributed by atoms with Gasteiger partial charge in [-0.2, -0.15) is 0 Å². The Morgan fingerprint density at radius 3 is 3.50 bits per heavy atom. The monoisotopic (exact) mass is 132 g/mol. The van der Waals surface area contributed by atoms with Crippen molar-refractivity contribution < 1.29 is 0 Å². The van der Waals surface area contributed by atoms with E-state index in [0.29, 0.717) is 0 Å². The lowest BCUT2D eigenvalue weighted by atomic mass is 10.4. The molecule has 50 valence electrons. The van der Waals surface area contributed by atoms with E-state index in [2.05, 4.69) is 21.8 Å². The molecular weight excluding hydrogens is 124 g/mol. The summed E-state index contributed by atoms with van der Waals surface area (Å²) < 4.78 is 2.15. The summed E-state index contributed by atoms with van der Waals surface area (Å²) in [5, 5.41) is 0. The zero-order valence-corrected chi connectivity index (χ0v) is 5.57. The summed E-state index contributed by atoms with van der Waals surface area (Å²) in [6.07, 6.45) is 7.77. The molecule has 0 bridgehead atoms. The van der Waals surface area contributed by atoms with Crippen LogP contribution in [0.3, 0.4) is 0 Å². The molecule has 0 unspecified atom stereocenters. The van der Waals surface area contributed by atoms with Gasteiger partial charge in [-0.1, -0.05) is 0 Å². The molecule has 0 atom stereocenters. The normalized spacial score (nSPS) is 14.8. The van der Waals surface area contributed by atoms with E-state index in [-0.39, 0.29) is 0 Å². The van der Waals surface area contributed by atoms with Gasteiger partial charge in [0.15, 0.2) is 0 Å². The van der Waals surface area contributed by atoms with E-state index in [0.717, 1.165) is 6.54 Å². The summed E-state index contributed by atoms with van der Waals surface area (Å²) in [6, 6.07) is 4.12. The summed E-state index contributed by atoms with van der Waals surface area (Å²) in [6.45, 7) is 0.884. The predicted molar refractivity (Wildman–Crippen MR) is 42.0 cm³/mol. The Kier molecular flexibility index (Phi) is 1.17. The van der Waals surface area contributed by atoms with Gasteiger partial charge >= 0.3 is 0 Å². The first-order valence-corrected chi connectivity index (χ1v) is 3.30. The molecule has 0 saturated carbocycles. The van der Waals surface area contributed by atoms with Gasteiger partial charge in [-0.15, -0.1) is 0 Å². The van der Waals surface area contributed by atoms with Gasteiger partial charge in [0.1, 0.15) is 0 Å². The standard InChI is InChI=1S/C8H8N2/c1-2-8-3-4-9-5-7-10(8)6-1/h1-6H,7H2. The third-order valence-corrected chi connectivity index (χ3v) is 1.58. The minimum atomic E-state index is 0.884. The number of hydrogen-bond donors (Lipinski definition) is 0. The zero-order valence-electron chi connectivity index (χ0n) is 5.57. The second kappa shape index (κ2) is 2.14. The maximum atomic E-state index is 4.03. The average Bonchev–Trinajstić information content (AvgIpc) is 2.28. The molecule has 2 heterocycles. The molecule has 2 rings (SSSR count). The van der Waals surface area contributed by atoms with Crippen molar-refractivity contribution in [3.63, 3.8) is 0 Å². The molecular formula is C8H8N2. The molecule has 2 heteroatoms. The van der Waals surface area contributed by atoms with Crippen LogP contribution in [-0.2, 0) is 6.54 Å². The van der Waals surface area contributed by atoms with E-state index in [1.165, 1.54) is 5.69 Å². The highest BCUT2D eigenvalue weighted by Crippen LogP contribution is 2.05. The van der Waals surface area contributed by atoms with Crippen molar-refractivity contribution in [1.29, 1.82) is 0 Å². The van der Waals surface area contributed by atoms with Gasteiger partial charge in [-0.05, 0) is 18.2 Å². The van der Waals surface area contributed by atoms with E-state index < -0.39 is 0 Å². The second-order valence-electron chi connectivity index (χ2n) is 2.23. The van der Waals surface area contributed by atoms with E-state index in [4.69, 9.17) is 0 Å². The maximum absolute atomic E-state index is 4.03. The largest absolute Gasteiger partial charge is 0.343 e. The molecule has 0 aliphatic carbocycles. The molecule has 0 N–H and O–H groups in total. The van der Waals surface area contributed by atoms with Crippen LogP contribution >= 0.6 is 0 Å². The van der Waals surface area contributed by atoms with Crippen LogP contribution in [0.4, 0.5) is 0 Å². The number of hydrogen-bond acceptors (Lipinski definition) is 1. The first kappa shape index (κ1) is 5.47. The molecule has 0 amide bonds. The summed E-state index contributed by atoms with van der Waals surface area (Å²) in [7, 11) is 0. The van der Waals surface area contributed by atoms with Crippen LogP contribution in [0.15, 0.2) is 29.5 Å². The SMILES string of the molecule is C1=Cc2cccn2CC=N1. The molecule has 2 nitrogen and oxygen atoms in total. The van der Waals surface area contributed by atoms with Gasteiger partial charge < -0.3 is 4.57 Å². The van der Waals surface area contributed by atoms with Crippen molar-refractivity contribution in [3.05, 3.63) is 30.2 Å². The Morgan fingerprint density at radius 1 is 1.50 bits per heavy atom. The topological polar surface area (TPSA) is 17.3 Å². The first-order valence-electron chi connectivity index (χ1n) is 3.30. The highest BCUT2D eigenvalue weighted by Gasteiger charge is 1.95. The zero-order chi connectivity index (χ0) is 6.81. The maximum Gasteiger partial charge on any atom is 0.0578 e. The quantitative estimate of drug-likeness (QED) is 0.509. The van der Waals surface area contributed by atoms with Gasteiger partial charge in [0, 0.05) is 24.3 Å². The summed E-state index contributed by atoms with van der Waals surface area (Å²) >= 11 is 0. The van der Waals surface area contributed by atoms with Crippen LogP contribution < -0.4 is 0 Å². The van der Waals surface area contributed by atoms with Crippen molar-refractivity contribution in [3.8, 4) is 0 Å². The molecule has 1 aromatic rings. The van der Waals surface area contributed by atoms with Crippen LogP contribution in [0, 0.1) is 0 Å². The van der Waals surface area contributed by atoms with Gasteiger partial charge in [-0.25, -0.2) is 0 Å². The molecule has 1 aromatic heterocycles. The number of rotatable bonds is 0. The molecule has 0 aromatic carbocycles. The van der Waals surface area contributed by atoms with Gasteiger partial charge in [0.25, 0.3) is 0 Å². The Hall–Kier alpha value is -1.31. The fourth-order valence-electron chi connectivity index (χ4n) is 1.06. The number of fused-ring (bicyclic) bond motifs is 1. The lowest BCUT2D eigenvalue weighted by Crippen LogP contribution is -1.96. The number of aliphatic imine (C=N–C) groups is 1. The lowest BCUT2D eigenvalue weighted by molar-refractivity contribution is 0.866. The molecule has 0 saturated heterocycles. The minimum absolute atomic E-state index is 0.884. The van der Waals surface area contributed by atoms with E-state index in [9.17, 15) is 0 Å². The molecule has 0 spiro atoms. The summed E-state index contributed by atoms with van der Waals surface area (Å²) in [5.41, 5.74) is 1.22. The van der Waals surface area contributed by atoms with Crippen LogP contribution in [0.2, 0.25) is 0 Å². The lowest BCUT2D eigenvalue weighted by Gasteiger charge is -1.97. The van der Waals surface area contributed by atoms with Crippen molar-refractivity contribution >= 4 is 12.3 Å². The summed E-state index contributed by atoms with van der Waals surface area (Å²) in [4.78, 5) is 4.03. The molecule has 1 aliphatic heterocycles. The second-order valence-corrected chi connectivity index (χ2v) is 2.23. The van der Waals surface area contributed by atoms with Crippen molar-refractivity contribution in [2.24, 2.45) is 4.99 Å². The van der Waals surface area contributed by atoms with E-state index in [1.54, 1.807) is 0 Å². The average molecular weight is 132 g/mol. The van der Waals surface area contributed by atoms with Gasteiger partial charge in [0.2, 0.25) is 0 Å². The van der Waals surface area contributed by atoms with E-state index in [1.807, 2.05) is 24.6 Å². The third kappa shape index (κ3) is 0.778. The first-order chi connectivity index (χ1) is 4.97.